The lowest BCUT2D eigenvalue weighted by Gasteiger charge is -2.43. The summed E-state index contributed by atoms with van der Waals surface area (Å²) < 4.78 is 20.8. The number of anilines is 1. The Bertz CT molecular complexity index is 949. The minimum atomic E-state index is -1.97. The Morgan fingerprint density at radius 3 is 2.35 bits per heavy atom. The molecular formula is C22H32N2O13. The van der Waals surface area contributed by atoms with Gasteiger partial charge >= 0.3 is 11.9 Å². The van der Waals surface area contributed by atoms with Crippen molar-refractivity contribution in [3.63, 3.8) is 0 Å². The summed E-state index contributed by atoms with van der Waals surface area (Å²) in [5.74, 6) is -4.02. The van der Waals surface area contributed by atoms with E-state index in [9.17, 15) is 45.3 Å². The highest BCUT2D eigenvalue weighted by molar-refractivity contribution is 6.00. The van der Waals surface area contributed by atoms with Gasteiger partial charge in [-0.1, -0.05) is 0 Å². The molecule has 1 aromatic carbocycles. The average Bonchev–Trinajstić information content (AvgIpc) is 2.86. The van der Waals surface area contributed by atoms with Gasteiger partial charge in [0.05, 0.1) is 38.1 Å². The van der Waals surface area contributed by atoms with Gasteiger partial charge in [-0.2, -0.15) is 0 Å². The van der Waals surface area contributed by atoms with Gasteiger partial charge in [0.2, 0.25) is 0 Å². The van der Waals surface area contributed by atoms with E-state index in [2.05, 4.69) is 10.1 Å². The van der Waals surface area contributed by atoms with Crippen LogP contribution in [-0.4, -0.2) is 130 Å². The van der Waals surface area contributed by atoms with Gasteiger partial charge in [-0.05, 0) is 25.2 Å². The molecule has 0 radical (unpaired) electrons. The number of aliphatic hydroxyl groups excluding tert-OH is 6. The van der Waals surface area contributed by atoms with Gasteiger partial charge in [-0.3, -0.25) is 0 Å². The molecule has 10 N–H and O–H groups in total. The van der Waals surface area contributed by atoms with Crippen LogP contribution < -0.4 is 11.1 Å². The van der Waals surface area contributed by atoms with Crippen LogP contribution in [0.15, 0.2) is 18.2 Å². The summed E-state index contributed by atoms with van der Waals surface area (Å²) >= 11 is 0. The molecule has 2 heterocycles. The first-order chi connectivity index (χ1) is 17.5. The predicted molar refractivity (Wildman–Crippen MR) is 121 cm³/mol. The fourth-order valence-electron chi connectivity index (χ4n) is 4.24. The number of likely N-dealkylation sites (N-methyl/N-ethyl adjacent to an activating group) is 1. The van der Waals surface area contributed by atoms with E-state index in [1.807, 2.05) is 0 Å². The molecule has 10 atom stereocenters. The van der Waals surface area contributed by atoms with Crippen LogP contribution in [0.3, 0.4) is 0 Å². The Morgan fingerprint density at radius 1 is 1.00 bits per heavy atom. The number of nitrogens with one attached hydrogen (secondary N) is 1. The van der Waals surface area contributed by atoms with Crippen molar-refractivity contribution in [1.82, 2.24) is 5.32 Å². The zero-order valence-corrected chi connectivity index (χ0v) is 19.8. The summed E-state index contributed by atoms with van der Waals surface area (Å²) in [4.78, 5) is 24.9. The normalized spacial score (nSPS) is 36.2. The predicted octanol–water partition coefficient (Wildman–Crippen LogP) is -4.20. The third kappa shape index (κ3) is 6.35. The molecule has 0 amide bonds. The Balaban J connectivity index is 1.63. The van der Waals surface area contributed by atoms with Crippen molar-refractivity contribution in [1.29, 1.82) is 0 Å². The van der Waals surface area contributed by atoms with E-state index >= 15 is 0 Å². The van der Waals surface area contributed by atoms with Gasteiger partial charge in [-0.15, -0.1) is 0 Å². The number of nitrogen functional groups attached to an aromatic ring is 1. The van der Waals surface area contributed by atoms with Crippen molar-refractivity contribution in [2.24, 2.45) is 5.92 Å². The number of phenolic OH excluding ortho intramolecular Hbond substituents is 1. The molecule has 2 fully saturated rings. The lowest BCUT2D eigenvalue weighted by Crippen LogP contribution is -2.62. The van der Waals surface area contributed by atoms with Crippen molar-refractivity contribution in [2.75, 3.05) is 32.6 Å². The molecule has 2 aliphatic heterocycles. The lowest BCUT2D eigenvalue weighted by molar-refractivity contribution is -0.253. The number of ether oxygens (including phenoxy) is 4. The minimum absolute atomic E-state index is 0.106. The number of aliphatic hydroxyl groups is 6. The number of hydrogen-bond donors (Lipinski definition) is 9. The van der Waals surface area contributed by atoms with Crippen molar-refractivity contribution >= 4 is 17.6 Å². The van der Waals surface area contributed by atoms with Crippen LogP contribution in [-0.2, 0) is 23.7 Å². The van der Waals surface area contributed by atoms with E-state index in [0.717, 1.165) is 12.1 Å². The Hall–Kier alpha value is -2.44. The van der Waals surface area contributed by atoms with Crippen LogP contribution in [0.25, 0.3) is 0 Å². The maximum Gasteiger partial charge on any atom is 0.349 e. The van der Waals surface area contributed by atoms with E-state index in [0.29, 0.717) is 0 Å². The number of carbonyl (C=O) groups excluding carboxylic acids is 2. The highest BCUT2D eigenvalue weighted by Gasteiger charge is 2.49. The van der Waals surface area contributed by atoms with Crippen LogP contribution >= 0.6 is 0 Å². The number of rotatable bonds is 8. The fourth-order valence-corrected chi connectivity index (χ4v) is 4.24. The Labute approximate surface area is 210 Å². The number of benzene rings is 1. The molecule has 4 unspecified atom stereocenters. The number of phenols is 1. The monoisotopic (exact) mass is 532 g/mol. The molecule has 0 bridgehead atoms. The van der Waals surface area contributed by atoms with Gasteiger partial charge in [0, 0.05) is 11.6 Å². The summed E-state index contributed by atoms with van der Waals surface area (Å²) in [6.07, 6.45) is -12.4. The molecule has 2 saturated heterocycles. The molecule has 1 aromatic rings. The van der Waals surface area contributed by atoms with Crippen LogP contribution in [0.5, 0.6) is 5.75 Å². The molecule has 15 heteroatoms. The summed E-state index contributed by atoms with van der Waals surface area (Å²) in [7, 11) is 1.49. The molecule has 0 saturated carbocycles. The summed E-state index contributed by atoms with van der Waals surface area (Å²) in [5, 5.41) is 73.3. The minimum Gasteiger partial charge on any atom is -0.507 e. The van der Waals surface area contributed by atoms with Crippen molar-refractivity contribution in [3.05, 3.63) is 23.8 Å². The zero-order valence-electron chi connectivity index (χ0n) is 19.8. The summed E-state index contributed by atoms with van der Waals surface area (Å²) in [5.41, 5.74) is 5.25. The van der Waals surface area contributed by atoms with E-state index in [1.54, 1.807) is 0 Å². The number of nitrogens with two attached hydrogens (primary N) is 1. The maximum atomic E-state index is 12.5. The largest absolute Gasteiger partial charge is 0.507 e. The first kappa shape index (κ1) is 29.1. The van der Waals surface area contributed by atoms with Crippen LogP contribution in [0, 0.1) is 5.92 Å². The van der Waals surface area contributed by atoms with Crippen LogP contribution in [0.2, 0.25) is 0 Å². The molecule has 0 spiro atoms. The Morgan fingerprint density at radius 2 is 1.70 bits per heavy atom. The van der Waals surface area contributed by atoms with Crippen molar-refractivity contribution < 1.29 is 64.3 Å². The molecule has 208 valence electrons. The first-order valence-electron chi connectivity index (χ1n) is 11.4. The number of hydrogen-bond acceptors (Lipinski definition) is 15. The van der Waals surface area contributed by atoms with Gasteiger partial charge in [0.15, 0.2) is 12.4 Å². The highest BCUT2D eigenvalue weighted by Crippen LogP contribution is 2.28. The number of aromatic hydroxyl groups is 1. The second-order valence-electron chi connectivity index (χ2n) is 8.81. The van der Waals surface area contributed by atoms with Gasteiger partial charge in [0.25, 0.3) is 0 Å². The summed E-state index contributed by atoms with van der Waals surface area (Å²) in [6, 6.07) is 2.62. The van der Waals surface area contributed by atoms with Crippen LogP contribution in [0.4, 0.5) is 5.69 Å². The summed E-state index contributed by atoms with van der Waals surface area (Å²) in [6.45, 7) is -1.23. The SMILES string of the molecule is CNC1[C@H](O)OC(CO)[C@@H](COC[C@@H]2OC(C(=O)OC(=O)c3cc(N)ccc3O)[C@@H](O)[C@@H](O)C2O)[C@H]1O. The third-order valence-electron chi connectivity index (χ3n) is 6.39. The molecular weight excluding hydrogens is 500 g/mol. The van der Waals surface area contributed by atoms with E-state index in [1.165, 1.54) is 13.1 Å². The molecule has 0 aliphatic carbocycles. The molecule has 37 heavy (non-hydrogen) atoms. The quantitative estimate of drug-likeness (QED) is 0.0666. The zero-order chi connectivity index (χ0) is 27.4. The van der Waals surface area contributed by atoms with Gasteiger partial charge in [-0.25, -0.2) is 9.59 Å². The second-order valence-corrected chi connectivity index (χ2v) is 8.81. The van der Waals surface area contributed by atoms with Crippen molar-refractivity contribution in [2.45, 2.75) is 55.1 Å². The Kier molecular flexibility index (Phi) is 9.76. The number of esters is 2. The topological polar surface area (TPSA) is 251 Å². The molecule has 3 rings (SSSR count). The van der Waals surface area contributed by atoms with E-state index in [4.69, 9.17) is 19.9 Å². The van der Waals surface area contributed by atoms with E-state index in [-0.39, 0.29) is 12.3 Å². The molecule has 15 nitrogen and oxygen atoms in total. The highest BCUT2D eigenvalue weighted by atomic mass is 16.6. The standard InChI is InChI=1S/C22H32N2O13/c1-24-14-15(27)10(12(5-25)36-21(14)32)6-34-7-13-16(28)17(29)18(30)19(35-13)22(33)37-20(31)9-4-8(23)2-3-11(9)26/h2-4,10,12-19,21,24-30,32H,5-7,23H2,1H3/t10-,12?,13+,14?,15-,16?,17+,18+,19?,21-/m1/s1. The van der Waals surface area contributed by atoms with Crippen LogP contribution in [0.1, 0.15) is 10.4 Å². The second kappa shape index (κ2) is 12.4. The number of carbonyl (C=O) groups is 2. The fraction of sp³-hybridized carbons (Fsp3) is 0.636. The average molecular weight is 532 g/mol. The van der Waals surface area contributed by atoms with Crippen molar-refractivity contribution in [3.8, 4) is 5.75 Å². The van der Waals surface area contributed by atoms with Gasteiger partial charge < -0.3 is 65.7 Å². The lowest BCUT2D eigenvalue weighted by atomic mass is 9.88. The smallest absolute Gasteiger partial charge is 0.349 e. The molecule has 0 aromatic heterocycles. The third-order valence-corrected chi connectivity index (χ3v) is 6.39. The molecule has 2 aliphatic rings. The van der Waals surface area contributed by atoms with E-state index < -0.39 is 97.4 Å². The first-order valence-corrected chi connectivity index (χ1v) is 11.4. The van der Waals surface area contributed by atoms with Gasteiger partial charge in [0.1, 0.15) is 35.7 Å². The maximum absolute atomic E-state index is 12.5.